The SMILES string of the molecule is COc1ccc2nccc(C(O)CC[C@@H]3CCN(CC#Cc4cccc(C(F)(F)F)c4)C[C@@H]3CCC(=O)O)c2c1. The van der Waals surface area contributed by atoms with Crippen LogP contribution in [0.5, 0.6) is 5.75 Å². The Bertz CT molecular complexity index is 1380. The number of hydrogen-bond acceptors (Lipinski definition) is 5. The van der Waals surface area contributed by atoms with E-state index in [0.29, 0.717) is 37.2 Å². The molecule has 1 aliphatic heterocycles. The number of alkyl halides is 3. The zero-order chi connectivity index (χ0) is 28.7. The van der Waals surface area contributed by atoms with E-state index in [4.69, 9.17) is 4.74 Å². The van der Waals surface area contributed by atoms with Crippen molar-refractivity contribution < 1.29 is 32.9 Å². The van der Waals surface area contributed by atoms with Gasteiger partial charge in [0.1, 0.15) is 5.75 Å². The number of rotatable bonds is 9. The molecule has 0 bridgehead atoms. The van der Waals surface area contributed by atoms with Crippen molar-refractivity contribution in [2.24, 2.45) is 11.8 Å². The molecule has 4 rings (SSSR count). The van der Waals surface area contributed by atoms with Crippen LogP contribution in [0.25, 0.3) is 10.9 Å². The standard InChI is InChI=1S/C31H33F3N2O4/c1-40-25-9-10-28-27(19-25)26(13-15-35-28)29(37)11-7-22-14-17-36(20-23(22)8-12-30(38)39)16-3-5-21-4-2-6-24(18-21)31(32,33)34/h2,4,6,9-10,13,15,18-19,22-23,29,37H,7-8,11-12,14,16-17,20H2,1H3,(H,38,39)/t22-,23+,29?/m1/s1. The lowest BCUT2D eigenvalue weighted by Gasteiger charge is -2.38. The van der Waals surface area contributed by atoms with Gasteiger partial charge in [-0.3, -0.25) is 14.7 Å². The van der Waals surface area contributed by atoms with Gasteiger partial charge >= 0.3 is 12.1 Å². The van der Waals surface area contributed by atoms with Gasteiger partial charge in [0.25, 0.3) is 0 Å². The molecular formula is C31H33F3N2O4. The fourth-order valence-corrected chi connectivity index (χ4v) is 5.43. The fourth-order valence-electron chi connectivity index (χ4n) is 5.43. The highest BCUT2D eigenvalue weighted by molar-refractivity contribution is 5.83. The number of fused-ring (bicyclic) bond motifs is 1. The lowest BCUT2D eigenvalue weighted by atomic mass is 9.79. The first kappa shape index (κ1) is 29.4. The van der Waals surface area contributed by atoms with E-state index in [2.05, 4.69) is 21.7 Å². The number of piperidine rings is 1. The van der Waals surface area contributed by atoms with Crippen molar-refractivity contribution in [1.29, 1.82) is 0 Å². The molecule has 1 aliphatic rings. The smallest absolute Gasteiger partial charge is 0.416 e. The van der Waals surface area contributed by atoms with Crippen molar-refractivity contribution in [2.75, 3.05) is 26.7 Å². The summed E-state index contributed by atoms with van der Waals surface area (Å²) in [5.74, 6) is 6.00. The highest BCUT2D eigenvalue weighted by Crippen LogP contribution is 2.35. The minimum absolute atomic E-state index is 0.0578. The summed E-state index contributed by atoms with van der Waals surface area (Å²) in [5.41, 5.74) is 1.14. The molecule has 6 nitrogen and oxygen atoms in total. The number of ether oxygens (including phenoxy) is 1. The molecule has 1 unspecified atom stereocenters. The monoisotopic (exact) mass is 554 g/mol. The third-order valence-electron chi connectivity index (χ3n) is 7.58. The number of aliphatic hydroxyl groups excluding tert-OH is 1. The third kappa shape index (κ3) is 7.74. The summed E-state index contributed by atoms with van der Waals surface area (Å²) in [6, 6.07) is 12.3. The van der Waals surface area contributed by atoms with Crippen molar-refractivity contribution in [1.82, 2.24) is 9.88 Å². The van der Waals surface area contributed by atoms with Gasteiger partial charge in [-0.25, -0.2) is 0 Å². The van der Waals surface area contributed by atoms with Gasteiger partial charge in [0.2, 0.25) is 0 Å². The van der Waals surface area contributed by atoms with Crippen LogP contribution in [-0.4, -0.2) is 52.8 Å². The van der Waals surface area contributed by atoms with Gasteiger partial charge in [-0.1, -0.05) is 17.9 Å². The minimum atomic E-state index is -4.41. The zero-order valence-corrected chi connectivity index (χ0v) is 22.3. The zero-order valence-electron chi connectivity index (χ0n) is 22.3. The van der Waals surface area contributed by atoms with Gasteiger partial charge < -0.3 is 14.9 Å². The molecule has 1 fully saturated rings. The molecule has 212 valence electrons. The second-order valence-corrected chi connectivity index (χ2v) is 10.2. The molecule has 1 saturated heterocycles. The van der Waals surface area contributed by atoms with E-state index < -0.39 is 23.8 Å². The van der Waals surface area contributed by atoms with Gasteiger partial charge in [-0.05, 0) is 92.1 Å². The summed E-state index contributed by atoms with van der Waals surface area (Å²) in [7, 11) is 1.59. The first-order chi connectivity index (χ1) is 19.1. The van der Waals surface area contributed by atoms with E-state index in [9.17, 15) is 28.2 Å². The largest absolute Gasteiger partial charge is 0.497 e. The molecule has 2 aromatic carbocycles. The van der Waals surface area contributed by atoms with E-state index in [-0.39, 0.29) is 18.3 Å². The molecule has 0 aliphatic carbocycles. The second kappa shape index (κ2) is 13.2. The molecule has 2 N–H and O–H groups in total. The summed E-state index contributed by atoms with van der Waals surface area (Å²) in [6.45, 7) is 1.79. The van der Waals surface area contributed by atoms with Crippen LogP contribution in [0, 0.1) is 23.7 Å². The Labute approximate surface area is 231 Å². The summed E-state index contributed by atoms with van der Waals surface area (Å²) in [6.07, 6.45) is -0.764. The van der Waals surface area contributed by atoms with Crippen LogP contribution in [-0.2, 0) is 11.0 Å². The van der Waals surface area contributed by atoms with Crippen LogP contribution in [0.1, 0.15) is 54.9 Å². The first-order valence-corrected chi connectivity index (χ1v) is 13.3. The number of carbonyl (C=O) groups is 1. The van der Waals surface area contributed by atoms with Crippen LogP contribution in [0.2, 0.25) is 0 Å². The quantitative estimate of drug-likeness (QED) is 0.319. The minimum Gasteiger partial charge on any atom is -0.497 e. The molecule has 0 saturated carbocycles. The highest BCUT2D eigenvalue weighted by atomic mass is 19.4. The molecule has 2 heterocycles. The Morgan fingerprint density at radius 2 is 2.00 bits per heavy atom. The van der Waals surface area contributed by atoms with Gasteiger partial charge in [-0.15, -0.1) is 0 Å². The van der Waals surface area contributed by atoms with Crippen molar-refractivity contribution in [2.45, 2.75) is 44.4 Å². The van der Waals surface area contributed by atoms with Crippen LogP contribution in [0.3, 0.4) is 0 Å². The van der Waals surface area contributed by atoms with Crippen molar-refractivity contribution in [3.63, 3.8) is 0 Å². The van der Waals surface area contributed by atoms with Gasteiger partial charge in [0.15, 0.2) is 0 Å². The number of halogens is 3. The Kier molecular flexibility index (Phi) is 9.67. The molecule has 0 amide bonds. The van der Waals surface area contributed by atoms with E-state index in [0.717, 1.165) is 48.0 Å². The molecular weight excluding hydrogens is 521 g/mol. The number of aromatic nitrogens is 1. The molecule has 3 atom stereocenters. The summed E-state index contributed by atoms with van der Waals surface area (Å²) >= 11 is 0. The van der Waals surface area contributed by atoms with Crippen LogP contribution in [0.4, 0.5) is 13.2 Å². The Morgan fingerprint density at radius 3 is 2.75 bits per heavy atom. The van der Waals surface area contributed by atoms with Crippen molar-refractivity contribution >= 4 is 16.9 Å². The summed E-state index contributed by atoms with van der Waals surface area (Å²) < 4.78 is 44.3. The first-order valence-electron chi connectivity index (χ1n) is 13.3. The van der Waals surface area contributed by atoms with Gasteiger partial charge in [0, 0.05) is 30.1 Å². The number of benzene rings is 2. The molecule has 0 radical (unpaired) electrons. The van der Waals surface area contributed by atoms with E-state index in [1.54, 1.807) is 19.4 Å². The van der Waals surface area contributed by atoms with E-state index in [1.165, 1.54) is 6.07 Å². The number of aliphatic hydroxyl groups is 1. The van der Waals surface area contributed by atoms with Crippen molar-refractivity contribution in [3.05, 3.63) is 71.4 Å². The topological polar surface area (TPSA) is 82.9 Å². The van der Waals surface area contributed by atoms with E-state index >= 15 is 0 Å². The number of methoxy groups -OCH3 is 1. The maximum Gasteiger partial charge on any atom is 0.416 e. The number of aliphatic carboxylic acids is 1. The number of pyridine rings is 1. The maximum absolute atomic E-state index is 13.0. The van der Waals surface area contributed by atoms with E-state index in [1.807, 2.05) is 24.3 Å². The lowest BCUT2D eigenvalue weighted by Crippen LogP contribution is -2.41. The third-order valence-corrected chi connectivity index (χ3v) is 7.58. The normalized spacial score (nSPS) is 18.6. The molecule has 9 heteroatoms. The predicted molar refractivity (Wildman–Crippen MR) is 146 cm³/mol. The van der Waals surface area contributed by atoms with Crippen molar-refractivity contribution in [3.8, 4) is 17.6 Å². The van der Waals surface area contributed by atoms with Crippen LogP contribution < -0.4 is 4.74 Å². The lowest BCUT2D eigenvalue weighted by molar-refractivity contribution is -0.138. The number of carboxylic acids is 1. The summed E-state index contributed by atoms with van der Waals surface area (Å²) in [4.78, 5) is 17.8. The number of likely N-dealkylation sites (tertiary alicyclic amines) is 1. The number of hydrogen-bond donors (Lipinski definition) is 2. The van der Waals surface area contributed by atoms with Gasteiger partial charge in [0.05, 0.1) is 30.8 Å². The van der Waals surface area contributed by atoms with Gasteiger partial charge in [-0.2, -0.15) is 13.2 Å². The fraction of sp³-hybridized carbons (Fsp3) is 0.419. The second-order valence-electron chi connectivity index (χ2n) is 10.2. The molecule has 3 aromatic rings. The predicted octanol–water partition coefficient (Wildman–Crippen LogP) is 5.93. The Morgan fingerprint density at radius 1 is 1.18 bits per heavy atom. The Balaban J connectivity index is 1.39. The molecule has 1 aromatic heterocycles. The summed E-state index contributed by atoms with van der Waals surface area (Å²) in [5, 5.41) is 21.2. The highest BCUT2D eigenvalue weighted by Gasteiger charge is 2.31. The number of nitrogens with zero attached hydrogens (tertiary/aromatic N) is 2. The Hall–Kier alpha value is -3.61. The maximum atomic E-state index is 13.0. The average Bonchev–Trinajstić information content (AvgIpc) is 2.94. The molecule has 0 spiro atoms. The number of carboxylic acid groups (broad SMARTS) is 1. The van der Waals surface area contributed by atoms with Crippen LogP contribution >= 0.6 is 0 Å². The van der Waals surface area contributed by atoms with Crippen LogP contribution in [0.15, 0.2) is 54.7 Å². The molecule has 40 heavy (non-hydrogen) atoms. The average molecular weight is 555 g/mol.